The van der Waals surface area contributed by atoms with E-state index in [0.717, 1.165) is 23.4 Å². The second-order valence-corrected chi connectivity index (χ2v) is 6.30. The van der Waals surface area contributed by atoms with Crippen LogP contribution in [0, 0.1) is 5.92 Å². The van der Waals surface area contributed by atoms with Crippen LogP contribution in [0.4, 0.5) is 0 Å². The highest BCUT2D eigenvalue weighted by atomic mass is 79.9. The third-order valence-corrected chi connectivity index (χ3v) is 4.10. The first-order chi connectivity index (χ1) is 7.75. The van der Waals surface area contributed by atoms with E-state index in [0.29, 0.717) is 10.9 Å². The molecule has 4 nitrogen and oxygen atoms in total. The lowest BCUT2D eigenvalue weighted by Gasteiger charge is -2.22. The Labute approximate surface area is 119 Å². The first-order valence-corrected chi connectivity index (χ1v) is 6.97. The number of thiazole rings is 1. The quantitative estimate of drug-likeness (QED) is 0.885. The van der Waals surface area contributed by atoms with Crippen LogP contribution >= 0.6 is 39.7 Å². The van der Waals surface area contributed by atoms with E-state index in [1.54, 1.807) is 6.20 Å². The fourth-order valence-corrected chi connectivity index (χ4v) is 2.89. The van der Waals surface area contributed by atoms with Gasteiger partial charge < -0.3 is 10.6 Å². The number of halogens is 2. The van der Waals surface area contributed by atoms with E-state index in [1.165, 1.54) is 24.2 Å². The minimum atomic E-state index is -0.0683. The van der Waals surface area contributed by atoms with Gasteiger partial charge in [-0.2, -0.15) is 0 Å². The fraction of sp³-hybridized carbons (Fsp3) is 0.600. The topological polar surface area (TPSA) is 54.0 Å². The maximum Gasteiger partial charge on any atom is 0.280 e. The Bertz CT molecular complexity index is 368. The van der Waals surface area contributed by atoms with Crippen LogP contribution in [0.5, 0.6) is 0 Å². The number of nitrogens with one attached hydrogen (secondary N) is 2. The molecule has 2 heterocycles. The summed E-state index contributed by atoms with van der Waals surface area (Å²) in [5.74, 6) is 0.488. The number of hydrogen-bond donors (Lipinski definition) is 2. The predicted molar refractivity (Wildman–Crippen MR) is 75.0 cm³/mol. The molecule has 1 fully saturated rings. The average molecular weight is 341 g/mol. The number of amides is 1. The monoisotopic (exact) mass is 339 g/mol. The van der Waals surface area contributed by atoms with Crippen molar-refractivity contribution < 1.29 is 4.79 Å². The third kappa shape index (κ3) is 4.54. The van der Waals surface area contributed by atoms with Gasteiger partial charge in [-0.05, 0) is 47.8 Å². The predicted octanol–water partition coefficient (Wildman–Crippen LogP) is 2.06. The lowest BCUT2D eigenvalue weighted by Crippen LogP contribution is -2.38. The summed E-state index contributed by atoms with van der Waals surface area (Å²) in [5, 5.41) is 6.78. The molecule has 0 aliphatic carbocycles. The molecule has 1 amide bonds. The zero-order valence-electron chi connectivity index (χ0n) is 9.24. The lowest BCUT2D eigenvalue weighted by molar-refractivity contribution is 0.0944. The van der Waals surface area contributed by atoms with Crippen molar-refractivity contribution in [2.45, 2.75) is 12.8 Å². The Balaban J connectivity index is 0.00000144. The second-order valence-electron chi connectivity index (χ2n) is 3.89. The molecule has 1 aliphatic rings. The molecule has 1 aromatic rings. The maximum absolute atomic E-state index is 11.7. The smallest absolute Gasteiger partial charge is 0.280 e. The molecule has 7 heteroatoms. The number of hydrogen-bond acceptors (Lipinski definition) is 4. The van der Waals surface area contributed by atoms with Crippen LogP contribution in [-0.2, 0) is 0 Å². The molecule has 1 aliphatic heterocycles. The number of carbonyl (C=O) groups is 1. The van der Waals surface area contributed by atoms with E-state index in [-0.39, 0.29) is 18.3 Å². The van der Waals surface area contributed by atoms with Crippen molar-refractivity contribution in [2.24, 2.45) is 5.92 Å². The molecule has 0 bridgehead atoms. The zero-order valence-corrected chi connectivity index (χ0v) is 12.5. The number of carbonyl (C=O) groups excluding carboxylic acids is 1. The molecule has 1 unspecified atom stereocenters. The fourth-order valence-electron chi connectivity index (χ4n) is 1.77. The lowest BCUT2D eigenvalue weighted by atomic mass is 10.00. The molecule has 0 aromatic carbocycles. The van der Waals surface area contributed by atoms with E-state index in [4.69, 9.17) is 0 Å². The summed E-state index contributed by atoms with van der Waals surface area (Å²) in [6.07, 6.45) is 4.04. The summed E-state index contributed by atoms with van der Waals surface area (Å²) in [6.45, 7) is 2.84. The van der Waals surface area contributed by atoms with Gasteiger partial charge in [-0.1, -0.05) is 0 Å². The molecule has 2 N–H and O–H groups in total. The summed E-state index contributed by atoms with van der Waals surface area (Å²) in [4.78, 5) is 15.7. The van der Waals surface area contributed by atoms with Gasteiger partial charge in [0.1, 0.15) is 0 Å². The maximum atomic E-state index is 11.7. The molecule has 0 spiro atoms. The first-order valence-electron chi connectivity index (χ1n) is 5.36. The Morgan fingerprint density at radius 2 is 2.53 bits per heavy atom. The molecule has 1 atom stereocenters. The van der Waals surface area contributed by atoms with E-state index in [1.807, 2.05) is 0 Å². The zero-order chi connectivity index (χ0) is 11.4. The highest BCUT2D eigenvalue weighted by Gasteiger charge is 2.15. The summed E-state index contributed by atoms with van der Waals surface area (Å²) >= 11 is 4.65. The normalized spacial score (nSPS) is 19.5. The van der Waals surface area contributed by atoms with Gasteiger partial charge in [-0.15, -0.1) is 23.7 Å². The van der Waals surface area contributed by atoms with Crippen LogP contribution < -0.4 is 10.6 Å². The molecule has 0 saturated carbocycles. The molecule has 1 saturated heterocycles. The van der Waals surface area contributed by atoms with Crippen molar-refractivity contribution in [3.8, 4) is 0 Å². The summed E-state index contributed by atoms with van der Waals surface area (Å²) < 4.78 is 0.886. The first kappa shape index (κ1) is 14.9. The number of rotatable bonds is 3. The third-order valence-electron chi connectivity index (χ3n) is 2.62. The van der Waals surface area contributed by atoms with Gasteiger partial charge in [0.05, 0.1) is 9.98 Å². The van der Waals surface area contributed by atoms with Crippen LogP contribution in [0.1, 0.15) is 22.6 Å². The van der Waals surface area contributed by atoms with E-state index in [9.17, 15) is 4.79 Å². The van der Waals surface area contributed by atoms with Gasteiger partial charge in [0.25, 0.3) is 5.91 Å². The van der Waals surface area contributed by atoms with Gasteiger partial charge in [0, 0.05) is 6.54 Å². The molecule has 17 heavy (non-hydrogen) atoms. The van der Waals surface area contributed by atoms with Crippen LogP contribution in [0.3, 0.4) is 0 Å². The van der Waals surface area contributed by atoms with Crippen LogP contribution in [0.2, 0.25) is 0 Å². The van der Waals surface area contributed by atoms with Crippen molar-refractivity contribution in [3.63, 3.8) is 0 Å². The Morgan fingerprint density at radius 3 is 3.12 bits per heavy atom. The van der Waals surface area contributed by atoms with Crippen molar-refractivity contribution in [3.05, 3.63) is 15.0 Å². The van der Waals surface area contributed by atoms with Crippen LogP contribution in [0.25, 0.3) is 0 Å². The largest absolute Gasteiger partial charge is 0.350 e. The van der Waals surface area contributed by atoms with E-state index in [2.05, 4.69) is 31.5 Å². The minimum Gasteiger partial charge on any atom is -0.350 e. The van der Waals surface area contributed by atoms with Gasteiger partial charge in [-0.25, -0.2) is 4.98 Å². The van der Waals surface area contributed by atoms with Gasteiger partial charge in [-0.3, -0.25) is 4.79 Å². The van der Waals surface area contributed by atoms with E-state index >= 15 is 0 Å². The van der Waals surface area contributed by atoms with Crippen LogP contribution in [-0.4, -0.2) is 30.5 Å². The summed E-state index contributed by atoms with van der Waals surface area (Å²) in [5.41, 5.74) is 0. The summed E-state index contributed by atoms with van der Waals surface area (Å²) in [7, 11) is 0. The Morgan fingerprint density at radius 1 is 1.71 bits per heavy atom. The number of piperidine rings is 1. The Kier molecular flexibility index (Phi) is 6.40. The van der Waals surface area contributed by atoms with Crippen molar-refractivity contribution >= 4 is 45.6 Å². The standard InChI is InChI=1S/C10H14BrN3OS.ClH/c11-8-6-14-10(16-8)9(15)13-5-7-2-1-3-12-4-7;/h6-7,12H,1-5H2,(H,13,15);1H. The van der Waals surface area contributed by atoms with Crippen LogP contribution in [0.15, 0.2) is 9.98 Å². The molecule has 96 valence electrons. The average Bonchev–Trinajstić information content (AvgIpc) is 2.74. The SMILES string of the molecule is Cl.O=C(NCC1CCCNC1)c1ncc(Br)s1. The minimum absolute atomic E-state index is 0. The molecular weight excluding hydrogens is 326 g/mol. The highest BCUT2D eigenvalue weighted by molar-refractivity contribution is 9.11. The second kappa shape index (κ2) is 7.31. The van der Waals surface area contributed by atoms with Gasteiger partial charge >= 0.3 is 0 Å². The number of nitrogens with zero attached hydrogens (tertiary/aromatic N) is 1. The van der Waals surface area contributed by atoms with Crippen molar-refractivity contribution in [2.75, 3.05) is 19.6 Å². The molecular formula is C10H15BrClN3OS. The highest BCUT2D eigenvalue weighted by Crippen LogP contribution is 2.18. The molecule has 1 aromatic heterocycles. The van der Waals surface area contributed by atoms with E-state index < -0.39 is 0 Å². The molecule has 0 radical (unpaired) electrons. The van der Waals surface area contributed by atoms with Gasteiger partial charge in [0.2, 0.25) is 0 Å². The van der Waals surface area contributed by atoms with Crippen molar-refractivity contribution in [1.29, 1.82) is 0 Å². The van der Waals surface area contributed by atoms with Gasteiger partial charge in [0.15, 0.2) is 5.01 Å². The molecule has 2 rings (SSSR count). The number of aromatic nitrogens is 1. The Hall–Kier alpha value is -0.170. The van der Waals surface area contributed by atoms with Crippen molar-refractivity contribution in [1.82, 2.24) is 15.6 Å². The summed E-state index contributed by atoms with van der Waals surface area (Å²) in [6, 6.07) is 0.